The number of nitrogens with zero attached hydrogens (tertiary/aromatic N) is 1. The third kappa shape index (κ3) is 2.84. The highest BCUT2D eigenvalue weighted by molar-refractivity contribution is 7.85. The smallest absolute Gasteiger partial charge is 0.258 e. The van der Waals surface area contributed by atoms with Crippen LogP contribution in [0.3, 0.4) is 0 Å². The summed E-state index contributed by atoms with van der Waals surface area (Å²) in [4.78, 5) is 13.0. The molecule has 0 aliphatic rings. The number of hydrogen-bond donors (Lipinski definition) is 0. The number of fused-ring (bicyclic) bond motifs is 1. The molecule has 0 aliphatic carbocycles. The van der Waals surface area contributed by atoms with Crippen LogP contribution in [0.2, 0.25) is 0 Å². The van der Waals surface area contributed by atoms with Crippen LogP contribution < -0.4 is 5.56 Å². The second-order valence-corrected chi connectivity index (χ2v) is 7.05. The van der Waals surface area contributed by atoms with Crippen LogP contribution in [0.25, 0.3) is 21.9 Å². The van der Waals surface area contributed by atoms with E-state index < -0.39 is 16.6 Å². The lowest BCUT2D eigenvalue weighted by molar-refractivity contribution is 0.629. The van der Waals surface area contributed by atoms with Crippen LogP contribution >= 0.6 is 0 Å². The van der Waals surface area contributed by atoms with Crippen LogP contribution in [0.4, 0.5) is 4.39 Å². The highest BCUT2D eigenvalue weighted by Gasteiger charge is 2.11. The van der Waals surface area contributed by atoms with Crippen molar-refractivity contribution < 1.29 is 8.60 Å². The van der Waals surface area contributed by atoms with Crippen LogP contribution in [0, 0.1) is 5.82 Å². The van der Waals surface area contributed by atoms with Crippen LogP contribution in [0.1, 0.15) is 6.92 Å². The van der Waals surface area contributed by atoms with Crippen molar-refractivity contribution >= 4 is 21.6 Å². The highest BCUT2D eigenvalue weighted by atomic mass is 32.2. The number of aromatic nitrogens is 1. The minimum absolute atomic E-state index is 0.239. The molecule has 3 aromatic rings. The topological polar surface area (TPSA) is 39.1 Å². The molecule has 0 radical (unpaired) electrons. The normalized spacial score (nSPS) is 12.5. The molecular formula is C18H16FNO2S. The Morgan fingerprint density at radius 1 is 1.13 bits per heavy atom. The molecule has 0 aliphatic heterocycles. The molecule has 1 heterocycles. The van der Waals surface area contributed by atoms with E-state index in [4.69, 9.17) is 0 Å². The average Bonchev–Trinajstić information content (AvgIpc) is 2.57. The van der Waals surface area contributed by atoms with Crippen LogP contribution in [0.15, 0.2) is 58.4 Å². The third-order valence-corrected chi connectivity index (χ3v) is 5.12. The largest absolute Gasteiger partial charge is 0.317 e. The highest BCUT2D eigenvalue weighted by Crippen LogP contribution is 2.28. The minimum atomic E-state index is -1.05. The number of pyridine rings is 1. The molecule has 0 amide bonds. The van der Waals surface area contributed by atoms with Crippen molar-refractivity contribution in [1.29, 1.82) is 0 Å². The predicted octanol–water partition coefficient (Wildman–Crippen LogP) is 3.47. The first-order chi connectivity index (χ1) is 11.0. The maximum atomic E-state index is 13.5. The molecule has 1 unspecified atom stereocenters. The Kier molecular flexibility index (Phi) is 4.13. The van der Waals surface area contributed by atoms with E-state index in [0.717, 1.165) is 16.0 Å². The Bertz CT molecular complexity index is 978. The summed E-state index contributed by atoms with van der Waals surface area (Å²) in [5.74, 6) is 0.107. The van der Waals surface area contributed by atoms with Crippen LogP contribution in [-0.4, -0.2) is 14.5 Å². The second kappa shape index (κ2) is 6.08. The summed E-state index contributed by atoms with van der Waals surface area (Å²) < 4.78 is 27.0. The molecule has 3 nitrogen and oxygen atoms in total. The van der Waals surface area contributed by atoms with Gasteiger partial charge in [0, 0.05) is 29.5 Å². The number of halogens is 1. The first kappa shape index (κ1) is 15.6. The van der Waals surface area contributed by atoms with Gasteiger partial charge in [-0.3, -0.25) is 9.00 Å². The lowest BCUT2D eigenvalue weighted by atomic mass is 10.0. The summed E-state index contributed by atoms with van der Waals surface area (Å²) in [5, 5.41) is 1.03. The molecule has 2 aromatic carbocycles. The van der Waals surface area contributed by atoms with Crippen LogP contribution in [0.5, 0.6) is 0 Å². The van der Waals surface area contributed by atoms with Gasteiger partial charge in [0.15, 0.2) is 0 Å². The van der Waals surface area contributed by atoms with Gasteiger partial charge in [-0.2, -0.15) is 0 Å². The fourth-order valence-electron chi connectivity index (χ4n) is 2.64. The van der Waals surface area contributed by atoms with Crippen molar-refractivity contribution in [2.24, 2.45) is 7.05 Å². The molecule has 0 fully saturated rings. The van der Waals surface area contributed by atoms with E-state index in [1.165, 1.54) is 16.7 Å². The standard InChI is InChI=1S/C18H16FNO2S/c1-3-23(22)14-6-4-5-12(9-14)17-11-20(2)18(21)16-10-13(19)7-8-15(16)17/h4-11H,3H2,1-2H3. The summed E-state index contributed by atoms with van der Waals surface area (Å²) in [6.07, 6.45) is 1.73. The van der Waals surface area contributed by atoms with E-state index in [1.54, 1.807) is 19.3 Å². The van der Waals surface area contributed by atoms with E-state index in [2.05, 4.69) is 0 Å². The fraction of sp³-hybridized carbons (Fsp3) is 0.167. The average molecular weight is 329 g/mol. The molecule has 0 spiro atoms. The molecular weight excluding hydrogens is 313 g/mol. The van der Waals surface area contributed by atoms with Crippen molar-refractivity contribution in [3.63, 3.8) is 0 Å². The SMILES string of the molecule is CCS(=O)c1cccc(-c2cn(C)c(=O)c3cc(F)ccc23)c1. The Labute approximate surface area is 135 Å². The second-order valence-electron chi connectivity index (χ2n) is 5.31. The van der Waals surface area contributed by atoms with Gasteiger partial charge in [-0.15, -0.1) is 0 Å². The van der Waals surface area contributed by atoms with Crippen molar-refractivity contribution in [2.75, 3.05) is 5.75 Å². The summed E-state index contributed by atoms with van der Waals surface area (Å²) in [6.45, 7) is 1.87. The van der Waals surface area contributed by atoms with Gasteiger partial charge in [0.1, 0.15) is 5.82 Å². The lowest BCUT2D eigenvalue weighted by Crippen LogP contribution is -2.16. The van der Waals surface area contributed by atoms with Crippen molar-refractivity contribution in [2.45, 2.75) is 11.8 Å². The Balaban J connectivity index is 2.31. The van der Waals surface area contributed by atoms with E-state index in [1.807, 2.05) is 31.2 Å². The number of rotatable bonds is 3. The zero-order chi connectivity index (χ0) is 16.6. The molecule has 23 heavy (non-hydrogen) atoms. The van der Waals surface area contributed by atoms with Crippen LogP contribution in [-0.2, 0) is 17.8 Å². The van der Waals surface area contributed by atoms with Gasteiger partial charge in [-0.1, -0.05) is 25.1 Å². The van der Waals surface area contributed by atoms with E-state index in [-0.39, 0.29) is 5.56 Å². The zero-order valence-corrected chi connectivity index (χ0v) is 13.7. The monoisotopic (exact) mass is 329 g/mol. The Hall–Kier alpha value is -2.27. The molecule has 5 heteroatoms. The number of hydrogen-bond acceptors (Lipinski definition) is 2. The van der Waals surface area contributed by atoms with Crippen molar-refractivity contribution in [3.8, 4) is 11.1 Å². The van der Waals surface area contributed by atoms with E-state index >= 15 is 0 Å². The van der Waals surface area contributed by atoms with E-state index in [9.17, 15) is 13.4 Å². The van der Waals surface area contributed by atoms with Gasteiger partial charge in [0.25, 0.3) is 5.56 Å². The summed E-state index contributed by atoms with van der Waals surface area (Å²) in [7, 11) is 0.593. The molecule has 0 saturated carbocycles. The molecule has 3 rings (SSSR count). The molecule has 118 valence electrons. The zero-order valence-electron chi connectivity index (χ0n) is 12.9. The molecule has 1 atom stereocenters. The molecule has 0 bridgehead atoms. The third-order valence-electron chi connectivity index (χ3n) is 3.82. The molecule has 0 saturated heterocycles. The van der Waals surface area contributed by atoms with Crippen molar-refractivity contribution in [3.05, 3.63) is 64.8 Å². The first-order valence-corrected chi connectivity index (χ1v) is 8.61. The van der Waals surface area contributed by atoms with E-state index in [0.29, 0.717) is 16.5 Å². The minimum Gasteiger partial charge on any atom is -0.317 e. The summed E-state index contributed by atoms with van der Waals surface area (Å²) in [5.41, 5.74) is 1.44. The summed E-state index contributed by atoms with van der Waals surface area (Å²) >= 11 is 0. The maximum Gasteiger partial charge on any atom is 0.258 e. The van der Waals surface area contributed by atoms with Gasteiger partial charge >= 0.3 is 0 Å². The fourth-order valence-corrected chi connectivity index (χ4v) is 3.46. The predicted molar refractivity (Wildman–Crippen MR) is 91.5 cm³/mol. The van der Waals surface area contributed by atoms with Crippen molar-refractivity contribution in [1.82, 2.24) is 4.57 Å². The summed E-state index contributed by atoms with van der Waals surface area (Å²) in [6, 6.07) is 11.7. The maximum absolute atomic E-state index is 13.5. The van der Waals surface area contributed by atoms with Gasteiger partial charge in [0.05, 0.1) is 16.2 Å². The van der Waals surface area contributed by atoms with Gasteiger partial charge in [0.2, 0.25) is 0 Å². The van der Waals surface area contributed by atoms with Gasteiger partial charge in [-0.05, 0) is 35.2 Å². The van der Waals surface area contributed by atoms with Gasteiger partial charge < -0.3 is 4.57 Å². The Morgan fingerprint density at radius 2 is 1.91 bits per heavy atom. The molecule has 1 aromatic heterocycles. The first-order valence-electron chi connectivity index (χ1n) is 7.29. The van der Waals surface area contributed by atoms with Gasteiger partial charge in [-0.25, -0.2) is 4.39 Å². The molecule has 0 N–H and O–H groups in total. The number of benzene rings is 2. The Morgan fingerprint density at radius 3 is 2.65 bits per heavy atom. The quantitative estimate of drug-likeness (QED) is 0.738. The number of aryl methyl sites for hydroxylation is 1. The lowest BCUT2D eigenvalue weighted by Gasteiger charge is -2.11.